The summed E-state index contributed by atoms with van der Waals surface area (Å²) in [6, 6.07) is 13.1. The van der Waals surface area contributed by atoms with Gasteiger partial charge in [0, 0.05) is 16.5 Å². The van der Waals surface area contributed by atoms with Crippen LogP contribution in [0.5, 0.6) is 5.75 Å². The van der Waals surface area contributed by atoms with Crippen LogP contribution in [0.2, 0.25) is 5.02 Å². The zero-order valence-corrected chi connectivity index (χ0v) is 17.1. The van der Waals surface area contributed by atoms with E-state index in [1.54, 1.807) is 29.2 Å². The van der Waals surface area contributed by atoms with Crippen LogP contribution in [0.1, 0.15) is 10.1 Å². The fourth-order valence-electron chi connectivity index (χ4n) is 2.75. The highest BCUT2D eigenvalue weighted by Gasteiger charge is 2.18. The van der Waals surface area contributed by atoms with Gasteiger partial charge in [-0.05, 0) is 35.9 Å². The van der Waals surface area contributed by atoms with Crippen LogP contribution in [-0.2, 0) is 4.79 Å². The SMILES string of the molecule is O=C(COc1ccc(C2SCCS2)cc1)Nc1cc(Cl)ccc1-n1cncn1. The van der Waals surface area contributed by atoms with Crippen molar-refractivity contribution in [3.63, 3.8) is 0 Å². The third kappa shape index (κ3) is 4.63. The molecular weight excluding hydrogens is 416 g/mol. The first-order valence-electron chi connectivity index (χ1n) is 8.59. The van der Waals surface area contributed by atoms with Crippen molar-refractivity contribution >= 4 is 46.7 Å². The fourth-order valence-corrected chi connectivity index (χ4v) is 5.78. The van der Waals surface area contributed by atoms with Gasteiger partial charge in [0.2, 0.25) is 0 Å². The number of amides is 1. The molecule has 0 aliphatic carbocycles. The highest BCUT2D eigenvalue weighted by molar-refractivity contribution is 8.19. The molecule has 1 fully saturated rings. The number of nitrogens with one attached hydrogen (secondary N) is 1. The van der Waals surface area contributed by atoms with Gasteiger partial charge in [0.15, 0.2) is 6.61 Å². The number of thioether (sulfide) groups is 2. The zero-order valence-electron chi connectivity index (χ0n) is 14.7. The molecule has 28 heavy (non-hydrogen) atoms. The Morgan fingerprint density at radius 2 is 2.00 bits per heavy atom. The molecule has 0 unspecified atom stereocenters. The van der Waals surface area contributed by atoms with E-state index in [4.69, 9.17) is 16.3 Å². The van der Waals surface area contributed by atoms with Crippen molar-refractivity contribution < 1.29 is 9.53 Å². The lowest BCUT2D eigenvalue weighted by atomic mass is 10.2. The number of nitrogens with zero attached hydrogens (tertiary/aromatic N) is 3. The maximum atomic E-state index is 12.4. The highest BCUT2D eigenvalue weighted by atomic mass is 35.5. The molecule has 0 atom stereocenters. The average Bonchev–Trinajstić information content (AvgIpc) is 3.41. The van der Waals surface area contributed by atoms with Crippen LogP contribution in [0.15, 0.2) is 55.1 Å². The molecule has 1 aromatic heterocycles. The minimum absolute atomic E-state index is 0.102. The second-order valence-corrected chi connectivity index (χ2v) is 9.14. The molecule has 3 aromatic rings. The summed E-state index contributed by atoms with van der Waals surface area (Å²) in [6.07, 6.45) is 2.98. The molecule has 2 heterocycles. The molecule has 1 aliphatic rings. The number of carbonyl (C=O) groups excluding carboxylic acids is 1. The van der Waals surface area contributed by atoms with Crippen molar-refractivity contribution in [2.24, 2.45) is 0 Å². The largest absolute Gasteiger partial charge is 0.484 e. The highest BCUT2D eigenvalue weighted by Crippen LogP contribution is 2.45. The van der Waals surface area contributed by atoms with Crippen molar-refractivity contribution in [3.8, 4) is 11.4 Å². The quantitative estimate of drug-likeness (QED) is 0.622. The number of hydrogen-bond donors (Lipinski definition) is 1. The molecule has 0 saturated carbocycles. The molecule has 1 aliphatic heterocycles. The zero-order chi connectivity index (χ0) is 19.3. The van der Waals surface area contributed by atoms with Crippen molar-refractivity contribution in [1.29, 1.82) is 0 Å². The Labute approximate surface area is 176 Å². The molecule has 0 radical (unpaired) electrons. The van der Waals surface area contributed by atoms with Crippen LogP contribution in [0.4, 0.5) is 5.69 Å². The molecule has 0 spiro atoms. The Hall–Kier alpha value is -2.16. The molecule has 144 valence electrons. The van der Waals surface area contributed by atoms with Crippen LogP contribution in [0, 0.1) is 0 Å². The summed E-state index contributed by atoms with van der Waals surface area (Å²) in [7, 11) is 0. The van der Waals surface area contributed by atoms with Crippen molar-refractivity contribution in [2.45, 2.75) is 4.58 Å². The van der Waals surface area contributed by atoms with Crippen LogP contribution >= 0.6 is 35.1 Å². The number of anilines is 1. The van der Waals surface area contributed by atoms with E-state index in [9.17, 15) is 4.79 Å². The number of aromatic nitrogens is 3. The minimum Gasteiger partial charge on any atom is -0.484 e. The standard InChI is InChI=1S/C19H17ClN4O2S2/c20-14-3-6-17(24-12-21-11-22-24)16(9-14)23-18(25)10-26-15-4-1-13(2-5-15)19-27-7-8-28-19/h1-6,9,11-12,19H,7-8,10H2,(H,23,25). The maximum absolute atomic E-state index is 12.4. The van der Waals surface area contributed by atoms with E-state index in [0.717, 1.165) is 0 Å². The lowest BCUT2D eigenvalue weighted by molar-refractivity contribution is -0.118. The first-order chi connectivity index (χ1) is 13.7. The van der Waals surface area contributed by atoms with E-state index in [1.165, 1.54) is 23.4 Å². The van der Waals surface area contributed by atoms with E-state index < -0.39 is 0 Å². The molecule has 1 N–H and O–H groups in total. The Kier molecular flexibility index (Phi) is 6.09. The summed E-state index contributed by atoms with van der Waals surface area (Å²) < 4.78 is 7.68. The van der Waals surface area contributed by atoms with E-state index in [0.29, 0.717) is 26.7 Å². The predicted octanol–water partition coefficient (Wildman–Crippen LogP) is 4.42. The van der Waals surface area contributed by atoms with Crippen molar-refractivity contribution in [3.05, 3.63) is 65.7 Å². The van der Waals surface area contributed by atoms with Gasteiger partial charge >= 0.3 is 0 Å². The topological polar surface area (TPSA) is 69.0 Å². The number of carbonyl (C=O) groups is 1. The minimum atomic E-state index is -0.283. The number of halogens is 1. The fraction of sp³-hybridized carbons (Fsp3) is 0.211. The van der Waals surface area contributed by atoms with Gasteiger partial charge < -0.3 is 10.1 Å². The molecule has 6 nitrogen and oxygen atoms in total. The number of hydrogen-bond acceptors (Lipinski definition) is 6. The van der Waals surface area contributed by atoms with E-state index in [1.807, 2.05) is 35.7 Å². The maximum Gasteiger partial charge on any atom is 0.262 e. The summed E-state index contributed by atoms with van der Waals surface area (Å²) >= 11 is 9.99. The number of ether oxygens (including phenoxy) is 1. The molecule has 1 amide bonds. The van der Waals surface area contributed by atoms with E-state index in [-0.39, 0.29) is 12.5 Å². The van der Waals surface area contributed by atoms with Crippen LogP contribution in [0.25, 0.3) is 5.69 Å². The Balaban J connectivity index is 1.38. The Bertz CT molecular complexity index is 945. The molecule has 2 aromatic carbocycles. The molecule has 9 heteroatoms. The van der Waals surface area contributed by atoms with Gasteiger partial charge in [0.1, 0.15) is 18.4 Å². The first kappa shape index (κ1) is 19.2. The number of benzene rings is 2. The monoisotopic (exact) mass is 432 g/mol. The molecule has 4 rings (SSSR count). The van der Waals surface area contributed by atoms with E-state index >= 15 is 0 Å². The predicted molar refractivity (Wildman–Crippen MR) is 115 cm³/mol. The van der Waals surface area contributed by atoms with E-state index in [2.05, 4.69) is 27.5 Å². The van der Waals surface area contributed by atoms with Crippen LogP contribution in [-0.4, -0.2) is 38.8 Å². The summed E-state index contributed by atoms with van der Waals surface area (Å²) in [5.41, 5.74) is 2.49. The van der Waals surface area contributed by atoms with Gasteiger partial charge in [-0.2, -0.15) is 5.10 Å². The van der Waals surface area contributed by atoms with Gasteiger partial charge in [-0.25, -0.2) is 9.67 Å². The second-order valence-electron chi connectivity index (χ2n) is 5.98. The lowest BCUT2D eigenvalue weighted by Gasteiger charge is -2.13. The van der Waals surface area contributed by atoms with Gasteiger partial charge in [-0.3, -0.25) is 4.79 Å². The third-order valence-electron chi connectivity index (χ3n) is 4.04. The van der Waals surface area contributed by atoms with Gasteiger partial charge in [-0.15, -0.1) is 23.5 Å². The normalized spacial score (nSPS) is 14.2. The van der Waals surface area contributed by atoms with Crippen LogP contribution < -0.4 is 10.1 Å². The Morgan fingerprint density at radius 3 is 2.71 bits per heavy atom. The number of rotatable bonds is 6. The average molecular weight is 433 g/mol. The Morgan fingerprint density at radius 1 is 1.21 bits per heavy atom. The van der Waals surface area contributed by atoms with Gasteiger partial charge in [0.05, 0.1) is 16.0 Å². The van der Waals surface area contributed by atoms with Crippen LogP contribution in [0.3, 0.4) is 0 Å². The summed E-state index contributed by atoms with van der Waals surface area (Å²) in [4.78, 5) is 16.3. The smallest absolute Gasteiger partial charge is 0.262 e. The lowest BCUT2D eigenvalue weighted by Crippen LogP contribution is -2.21. The molecule has 0 bridgehead atoms. The second kappa shape index (κ2) is 8.89. The summed E-state index contributed by atoms with van der Waals surface area (Å²) in [5, 5.41) is 7.43. The van der Waals surface area contributed by atoms with Gasteiger partial charge in [-0.1, -0.05) is 23.7 Å². The molecule has 1 saturated heterocycles. The molecular formula is C19H17ClN4O2S2. The third-order valence-corrected chi connectivity index (χ3v) is 7.38. The van der Waals surface area contributed by atoms with Gasteiger partial charge in [0.25, 0.3) is 5.91 Å². The summed E-state index contributed by atoms with van der Waals surface area (Å²) in [6.45, 7) is -0.102. The van der Waals surface area contributed by atoms with Crippen molar-refractivity contribution in [1.82, 2.24) is 14.8 Å². The first-order valence-corrected chi connectivity index (χ1v) is 11.1. The summed E-state index contributed by atoms with van der Waals surface area (Å²) in [5.74, 6) is 2.76. The van der Waals surface area contributed by atoms with Crippen molar-refractivity contribution in [2.75, 3.05) is 23.4 Å².